The van der Waals surface area contributed by atoms with Gasteiger partial charge in [-0.1, -0.05) is 59.7 Å². The molecule has 0 atom stereocenters. The Kier molecular flexibility index (Phi) is 7.15. The second-order valence-corrected chi connectivity index (χ2v) is 7.30. The Hall–Kier alpha value is -2.27. The zero-order valence-corrected chi connectivity index (χ0v) is 17.6. The first kappa shape index (κ1) is 20.5. The van der Waals surface area contributed by atoms with Gasteiger partial charge in [-0.15, -0.1) is 0 Å². The van der Waals surface area contributed by atoms with Crippen molar-refractivity contribution in [2.24, 2.45) is 0 Å². The standard InChI is InChI=1S/C22H19Cl2NO2S/c1-26-21-5-3-2-4-16(21)13-25-22(28)15-7-10-19(11-8-15)27-14-17-6-9-18(23)12-20(17)24/h2-12H,13-14H2,1H3,(H,25,28). The topological polar surface area (TPSA) is 30.5 Å². The van der Waals surface area contributed by atoms with E-state index in [1.807, 2.05) is 54.6 Å². The lowest BCUT2D eigenvalue weighted by molar-refractivity contribution is 0.306. The Morgan fingerprint density at radius 1 is 0.964 bits per heavy atom. The molecule has 0 radical (unpaired) electrons. The van der Waals surface area contributed by atoms with Gasteiger partial charge in [-0.05, 0) is 42.5 Å². The molecule has 0 saturated carbocycles. The van der Waals surface area contributed by atoms with E-state index >= 15 is 0 Å². The number of rotatable bonds is 7. The summed E-state index contributed by atoms with van der Waals surface area (Å²) in [6.07, 6.45) is 0. The zero-order chi connectivity index (χ0) is 19.9. The number of para-hydroxylation sites is 1. The summed E-state index contributed by atoms with van der Waals surface area (Å²) in [7, 11) is 1.66. The molecule has 0 heterocycles. The fraction of sp³-hybridized carbons (Fsp3) is 0.136. The molecular weight excluding hydrogens is 413 g/mol. The monoisotopic (exact) mass is 431 g/mol. The SMILES string of the molecule is COc1ccccc1CNC(=S)c1ccc(OCc2ccc(Cl)cc2Cl)cc1. The highest BCUT2D eigenvalue weighted by Crippen LogP contribution is 2.23. The summed E-state index contributed by atoms with van der Waals surface area (Å²) < 4.78 is 11.2. The largest absolute Gasteiger partial charge is 0.496 e. The summed E-state index contributed by atoms with van der Waals surface area (Å²) in [4.78, 5) is 0.665. The molecule has 0 saturated heterocycles. The first-order chi connectivity index (χ1) is 13.6. The van der Waals surface area contributed by atoms with Gasteiger partial charge in [0.1, 0.15) is 23.1 Å². The van der Waals surface area contributed by atoms with Gasteiger partial charge in [0.05, 0.1) is 7.11 Å². The fourth-order valence-corrected chi connectivity index (χ4v) is 3.30. The van der Waals surface area contributed by atoms with E-state index in [0.717, 1.165) is 28.2 Å². The van der Waals surface area contributed by atoms with Gasteiger partial charge in [-0.25, -0.2) is 0 Å². The Labute approximate surface area is 180 Å². The van der Waals surface area contributed by atoms with Crippen LogP contribution in [0.25, 0.3) is 0 Å². The van der Waals surface area contributed by atoms with Crippen molar-refractivity contribution in [3.63, 3.8) is 0 Å². The van der Waals surface area contributed by atoms with Crippen molar-refractivity contribution >= 4 is 40.4 Å². The van der Waals surface area contributed by atoms with Crippen molar-refractivity contribution < 1.29 is 9.47 Å². The molecule has 0 aliphatic carbocycles. The van der Waals surface area contributed by atoms with Crippen LogP contribution in [0.2, 0.25) is 10.0 Å². The molecule has 0 amide bonds. The van der Waals surface area contributed by atoms with E-state index in [1.54, 1.807) is 19.2 Å². The first-order valence-corrected chi connectivity index (χ1v) is 9.80. The number of hydrogen-bond acceptors (Lipinski definition) is 3. The predicted octanol–water partition coefficient (Wildman–Crippen LogP) is 6.05. The van der Waals surface area contributed by atoms with Gasteiger partial charge >= 0.3 is 0 Å². The third kappa shape index (κ3) is 5.38. The van der Waals surface area contributed by atoms with E-state index in [2.05, 4.69) is 5.32 Å². The van der Waals surface area contributed by atoms with E-state index in [1.165, 1.54) is 0 Å². The summed E-state index contributed by atoms with van der Waals surface area (Å²) in [5.41, 5.74) is 2.85. The van der Waals surface area contributed by atoms with E-state index in [0.29, 0.717) is 28.2 Å². The maximum atomic E-state index is 6.17. The minimum Gasteiger partial charge on any atom is -0.496 e. The van der Waals surface area contributed by atoms with Crippen LogP contribution in [-0.4, -0.2) is 12.1 Å². The van der Waals surface area contributed by atoms with Crippen LogP contribution in [0.4, 0.5) is 0 Å². The molecule has 1 N–H and O–H groups in total. The fourth-order valence-electron chi connectivity index (χ4n) is 2.63. The van der Waals surface area contributed by atoms with Crippen LogP contribution in [-0.2, 0) is 13.2 Å². The Balaban J connectivity index is 1.56. The van der Waals surface area contributed by atoms with Gasteiger partial charge < -0.3 is 14.8 Å². The molecule has 3 rings (SSSR count). The maximum absolute atomic E-state index is 6.17. The zero-order valence-electron chi connectivity index (χ0n) is 15.2. The Morgan fingerprint density at radius 3 is 2.43 bits per heavy atom. The summed E-state index contributed by atoms with van der Waals surface area (Å²) in [6.45, 7) is 0.960. The second kappa shape index (κ2) is 9.78. The van der Waals surface area contributed by atoms with E-state index in [9.17, 15) is 0 Å². The van der Waals surface area contributed by atoms with Crippen LogP contribution < -0.4 is 14.8 Å². The predicted molar refractivity (Wildman–Crippen MR) is 119 cm³/mol. The summed E-state index contributed by atoms with van der Waals surface area (Å²) in [5.74, 6) is 1.57. The number of halogens is 2. The molecule has 0 unspecified atom stereocenters. The van der Waals surface area contributed by atoms with Crippen LogP contribution in [0, 0.1) is 0 Å². The minimum absolute atomic E-state index is 0.367. The lowest BCUT2D eigenvalue weighted by Gasteiger charge is -2.12. The van der Waals surface area contributed by atoms with Crippen LogP contribution in [0.15, 0.2) is 66.7 Å². The molecule has 144 valence electrons. The second-order valence-electron chi connectivity index (χ2n) is 6.04. The highest BCUT2D eigenvalue weighted by Gasteiger charge is 2.06. The Morgan fingerprint density at radius 2 is 1.71 bits per heavy atom. The third-order valence-corrected chi connectivity index (χ3v) is 5.12. The van der Waals surface area contributed by atoms with Crippen LogP contribution >= 0.6 is 35.4 Å². The number of hydrogen-bond donors (Lipinski definition) is 1. The lowest BCUT2D eigenvalue weighted by atomic mass is 10.2. The molecule has 0 aromatic heterocycles. The molecule has 0 aliphatic rings. The number of nitrogens with one attached hydrogen (secondary N) is 1. The van der Waals surface area contributed by atoms with E-state index in [4.69, 9.17) is 44.9 Å². The first-order valence-electron chi connectivity index (χ1n) is 8.63. The smallest absolute Gasteiger partial charge is 0.123 e. The molecular formula is C22H19Cl2NO2S. The average Bonchev–Trinajstić information content (AvgIpc) is 2.72. The molecule has 0 fully saturated rings. The lowest BCUT2D eigenvalue weighted by Crippen LogP contribution is -2.21. The summed E-state index contributed by atoms with van der Waals surface area (Å²) >= 11 is 17.6. The van der Waals surface area contributed by atoms with Crippen molar-refractivity contribution in [3.8, 4) is 11.5 Å². The Bertz CT molecular complexity index is 961. The molecule has 0 spiro atoms. The normalized spacial score (nSPS) is 10.4. The molecule has 6 heteroatoms. The number of ether oxygens (including phenoxy) is 2. The quantitative estimate of drug-likeness (QED) is 0.461. The van der Waals surface area contributed by atoms with Gasteiger partial charge in [0, 0.05) is 33.3 Å². The number of benzene rings is 3. The van der Waals surface area contributed by atoms with Crippen LogP contribution in [0.1, 0.15) is 16.7 Å². The van der Waals surface area contributed by atoms with Crippen molar-refractivity contribution in [3.05, 3.63) is 93.5 Å². The average molecular weight is 432 g/mol. The molecule has 3 nitrogen and oxygen atoms in total. The van der Waals surface area contributed by atoms with Gasteiger partial charge in [-0.2, -0.15) is 0 Å². The molecule has 3 aromatic rings. The molecule has 0 bridgehead atoms. The van der Waals surface area contributed by atoms with Crippen LogP contribution in [0.5, 0.6) is 11.5 Å². The summed E-state index contributed by atoms with van der Waals surface area (Å²) in [5, 5.41) is 4.45. The highest BCUT2D eigenvalue weighted by atomic mass is 35.5. The molecule has 28 heavy (non-hydrogen) atoms. The summed E-state index contributed by atoms with van der Waals surface area (Å²) in [6, 6.07) is 20.8. The minimum atomic E-state index is 0.367. The van der Waals surface area contributed by atoms with E-state index in [-0.39, 0.29) is 0 Å². The van der Waals surface area contributed by atoms with E-state index < -0.39 is 0 Å². The van der Waals surface area contributed by atoms with Crippen molar-refractivity contribution in [1.29, 1.82) is 0 Å². The maximum Gasteiger partial charge on any atom is 0.123 e. The van der Waals surface area contributed by atoms with Gasteiger partial charge in [0.25, 0.3) is 0 Å². The van der Waals surface area contributed by atoms with Crippen molar-refractivity contribution in [2.45, 2.75) is 13.2 Å². The third-order valence-electron chi connectivity index (χ3n) is 4.16. The van der Waals surface area contributed by atoms with Gasteiger partial charge in [0.2, 0.25) is 0 Å². The van der Waals surface area contributed by atoms with Crippen LogP contribution in [0.3, 0.4) is 0 Å². The van der Waals surface area contributed by atoms with Gasteiger partial charge in [0.15, 0.2) is 0 Å². The number of methoxy groups -OCH3 is 1. The molecule has 3 aromatic carbocycles. The van der Waals surface area contributed by atoms with Crippen molar-refractivity contribution in [2.75, 3.05) is 7.11 Å². The highest BCUT2D eigenvalue weighted by molar-refractivity contribution is 7.80. The van der Waals surface area contributed by atoms with Crippen molar-refractivity contribution in [1.82, 2.24) is 5.32 Å². The number of thiocarbonyl (C=S) groups is 1. The van der Waals surface area contributed by atoms with Gasteiger partial charge in [-0.3, -0.25) is 0 Å². The molecule has 0 aliphatic heterocycles.